The number of nitrogens with zero attached hydrogens (tertiary/aromatic N) is 1. The minimum atomic E-state index is -0.453. The van der Waals surface area contributed by atoms with Crippen LogP contribution in [0.3, 0.4) is 0 Å². The van der Waals surface area contributed by atoms with Gasteiger partial charge in [-0.1, -0.05) is 31.5 Å². The first-order valence-electron chi connectivity index (χ1n) is 7.12. The van der Waals surface area contributed by atoms with Crippen LogP contribution in [0.15, 0.2) is 18.2 Å². The molecule has 21 heavy (non-hydrogen) atoms. The summed E-state index contributed by atoms with van der Waals surface area (Å²) in [5.41, 5.74) is 8.08. The number of carbonyl (C=O) groups is 2. The standard InChI is InChI=1S/C16H22N2O3/c1-9-5-6-14(21-4)12(7-9)13(17)8-18-15(19)10(2)11(3)16(18)20/h5-7,10-11,13H,8,17H2,1-4H3. The van der Waals surface area contributed by atoms with Crippen LogP contribution in [0.5, 0.6) is 5.75 Å². The van der Waals surface area contributed by atoms with Gasteiger partial charge < -0.3 is 10.5 Å². The third-order valence-corrected chi connectivity index (χ3v) is 4.23. The minimum absolute atomic E-state index is 0.144. The minimum Gasteiger partial charge on any atom is -0.496 e. The lowest BCUT2D eigenvalue weighted by atomic mass is 10.00. The predicted molar refractivity (Wildman–Crippen MR) is 79.7 cm³/mol. The molecule has 114 valence electrons. The zero-order valence-electron chi connectivity index (χ0n) is 12.9. The Kier molecular flexibility index (Phi) is 4.32. The first kappa shape index (κ1) is 15.5. The molecule has 2 rings (SSSR count). The van der Waals surface area contributed by atoms with Crippen LogP contribution in [0.4, 0.5) is 0 Å². The van der Waals surface area contributed by atoms with Crippen molar-refractivity contribution in [3.05, 3.63) is 29.3 Å². The van der Waals surface area contributed by atoms with E-state index in [4.69, 9.17) is 10.5 Å². The van der Waals surface area contributed by atoms with Crippen molar-refractivity contribution >= 4 is 11.8 Å². The van der Waals surface area contributed by atoms with E-state index >= 15 is 0 Å². The van der Waals surface area contributed by atoms with E-state index in [0.29, 0.717) is 5.75 Å². The Morgan fingerprint density at radius 3 is 2.33 bits per heavy atom. The number of aryl methyl sites for hydroxylation is 1. The Balaban J connectivity index is 2.22. The molecule has 0 radical (unpaired) electrons. The molecule has 1 heterocycles. The van der Waals surface area contributed by atoms with Crippen molar-refractivity contribution in [3.63, 3.8) is 0 Å². The summed E-state index contributed by atoms with van der Waals surface area (Å²) in [6.07, 6.45) is 0. The lowest BCUT2D eigenvalue weighted by Crippen LogP contribution is -2.37. The number of hydrogen-bond donors (Lipinski definition) is 1. The zero-order valence-corrected chi connectivity index (χ0v) is 12.9. The molecule has 1 aliphatic rings. The van der Waals surface area contributed by atoms with Crippen molar-refractivity contribution in [1.29, 1.82) is 0 Å². The van der Waals surface area contributed by atoms with Crippen LogP contribution in [0.1, 0.15) is 31.0 Å². The van der Waals surface area contributed by atoms with Gasteiger partial charge in [-0.3, -0.25) is 14.5 Å². The highest BCUT2D eigenvalue weighted by Crippen LogP contribution is 2.30. The molecular weight excluding hydrogens is 268 g/mol. The van der Waals surface area contributed by atoms with Gasteiger partial charge in [0.15, 0.2) is 0 Å². The highest BCUT2D eigenvalue weighted by atomic mass is 16.5. The van der Waals surface area contributed by atoms with Gasteiger partial charge in [-0.15, -0.1) is 0 Å². The summed E-state index contributed by atoms with van der Waals surface area (Å²) in [6.45, 7) is 5.71. The van der Waals surface area contributed by atoms with E-state index in [1.54, 1.807) is 21.0 Å². The summed E-state index contributed by atoms with van der Waals surface area (Å²) in [5, 5.41) is 0. The Hall–Kier alpha value is -1.88. The largest absolute Gasteiger partial charge is 0.496 e. The highest BCUT2D eigenvalue weighted by Gasteiger charge is 2.42. The van der Waals surface area contributed by atoms with Gasteiger partial charge in [0.25, 0.3) is 0 Å². The maximum Gasteiger partial charge on any atom is 0.232 e. The Morgan fingerprint density at radius 1 is 1.24 bits per heavy atom. The first-order valence-corrected chi connectivity index (χ1v) is 7.12. The molecule has 1 fully saturated rings. The van der Waals surface area contributed by atoms with Gasteiger partial charge >= 0.3 is 0 Å². The summed E-state index contributed by atoms with van der Waals surface area (Å²) >= 11 is 0. The van der Waals surface area contributed by atoms with Crippen molar-refractivity contribution in [2.24, 2.45) is 17.6 Å². The molecule has 2 N–H and O–H groups in total. The summed E-state index contributed by atoms with van der Waals surface area (Å²) in [6, 6.07) is 5.26. The third-order valence-electron chi connectivity index (χ3n) is 4.23. The molecule has 1 aromatic rings. The Bertz CT molecular complexity index is 551. The fourth-order valence-corrected chi connectivity index (χ4v) is 2.65. The van der Waals surface area contributed by atoms with Crippen LogP contribution >= 0.6 is 0 Å². The molecule has 0 bridgehead atoms. The number of nitrogens with two attached hydrogens (primary N) is 1. The number of imide groups is 1. The molecule has 0 spiro atoms. The van der Waals surface area contributed by atoms with Gasteiger partial charge in [-0.2, -0.15) is 0 Å². The number of hydrogen-bond acceptors (Lipinski definition) is 4. The maximum absolute atomic E-state index is 12.1. The number of ether oxygens (including phenoxy) is 1. The van der Waals surface area contributed by atoms with E-state index < -0.39 is 6.04 Å². The maximum atomic E-state index is 12.1. The normalized spacial score (nSPS) is 23.6. The number of benzene rings is 1. The van der Waals surface area contributed by atoms with E-state index in [1.165, 1.54) is 4.90 Å². The smallest absolute Gasteiger partial charge is 0.232 e. The summed E-state index contributed by atoms with van der Waals surface area (Å²) in [4.78, 5) is 25.5. The first-order chi connectivity index (χ1) is 9.86. The van der Waals surface area contributed by atoms with Crippen LogP contribution in [0, 0.1) is 18.8 Å². The number of methoxy groups -OCH3 is 1. The highest BCUT2D eigenvalue weighted by molar-refractivity contribution is 6.04. The van der Waals surface area contributed by atoms with Crippen LogP contribution in [-0.2, 0) is 9.59 Å². The van der Waals surface area contributed by atoms with Gasteiger partial charge in [0.2, 0.25) is 11.8 Å². The number of rotatable bonds is 4. The van der Waals surface area contributed by atoms with E-state index in [2.05, 4.69) is 0 Å². The molecule has 3 unspecified atom stereocenters. The van der Waals surface area contributed by atoms with Crippen LogP contribution in [0.25, 0.3) is 0 Å². The van der Waals surface area contributed by atoms with Crippen molar-refractivity contribution in [1.82, 2.24) is 4.90 Å². The fraction of sp³-hybridized carbons (Fsp3) is 0.500. The van der Waals surface area contributed by atoms with Crippen molar-refractivity contribution in [3.8, 4) is 5.75 Å². The fourth-order valence-electron chi connectivity index (χ4n) is 2.65. The molecule has 0 aliphatic carbocycles. The van der Waals surface area contributed by atoms with E-state index in [0.717, 1.165) is 11.1 Å². The number of carbonyl (C=O) groups excluding carboxylic acids is 2. The summed E-state index contributed by atoms with van der Waals surface area (Å²) in [7, 11) is 1.58. The molecule has 0 saturated carbocycles. The Morgan fingerprint density at radius 2 is 1.81 bits per heavy atom. The molecule has 1 aromatic carbocycles. The molecule has 3 atom stereocenters. The monoisotopic (exact) mass is 290 g/mol. The Labute approximate surface area is 125 Å². The molecule has 1 aliphatic heterocycles. The number of likely N-dealkylation sites (tertiary alicyclic amines) is 1. The molecule has 1 saturated heterocycles. The predicted octanol–water partition coefficient (Wildman–Crippen LogP) is 1.64. The van der Waals surface area contributed by atoms with Gasteiger partial charge in [0, 0.05) is 23.9 Å². The van der Waals surface area contributed by atoms with Crippen LogP contribution < -0.4 is 10.5 Å². The van der Waals surface area contributed by atoms with E-state index in [9.17, 15) is 9.59 Å². The molecule has 5 nitrogen and oxygen atoms in total. The van der Waals surface area contributed by atoms with Crippen LogP contribution in [0.2, 0.25) is 0 Å². The van der Waals surface area contributed by atoms with Gasteiger partial charge in [-0.05, 0) is 13.0 Å². The van der Waals surface area contributed by atoms with Gasteiger partial charge in [-0.25, -0.2) is 0 Å². The summed E-state index contributed by atoms with van der Waals surface area (Å²) < 4.78 is 5.31. The van der Waals surface area contributed by atoms with Crippen molar-refractivity contribution in [2.75, 3.05) is 13.7 Å². The summed E-state index contributed by atoms with van der Waals surface area (Å²) in [5.74, 6) is -0.161. The second kappa shape index (κ2) is 5.85. The topological polar surface area (TPSA) is 72.6 Å². The second-order valence-corrected chi connectivity index (χ2v) is 5.72. The second-order valence-electron chi connectivity index (χ2n) is 5.72. The molecule has 5 heteroatoms. The zero-order chi connectivity index (χ0) is 15.7. The lowest BCUT2D eigenvalue weighted by Gasteiger charge is -2.22. The van der Waals surface area contributed by atoms with Crippen LogP contribution in [-0.4, -0.2) is 30.4 Å². The molecule has 2 amide bonds. The van der Waals surface area contributed by atoms with Crippen molar-refractivity contribution in [2.45, 2.75) is 26.8 Å². The molecular formula is C16H22N2O3. The van der Waals surface area contributed by atoms with E-state index in [1.807, 2.05) is 25.1 Å². The number of amides is 2. The average molecular weight is 290 g/mol. The van der Waals surface area contributed by atoms with Gasteiger partial charge in [0.05, 0.1) is 13.2 Å². The quantitative estimate of drug-likeness (QED) is 0.856. The lowest BCUT2D eigenvalue weighted by molar-refractivity contribution is -0.140. The third kappa shape index (κ3) is 2.78. The van der Waals surface area contributed by atoms with Crippen molar-refractivity contribution < 1.29 is 14.3 Å². The van der Waals surface area contributed by atoms with E-state index in [-0.39, 0.29) is 30.2 Å². The molecule has 0 aromatic heterocycles. The average Bonchev–Trinajstić information content (AvgIpc) is 2.65. The van der Waals surface area contributed by atoms with Gasteiger partial charge in [0.1, 0.15) is 5.75 Å². The SMILES string of the molecule is COc1ccc(C)cc1C(N)CN1C(=O)C(C)C(C)C1=O.